The lowest BCUT2D eigenvalue weighted by atomic mass is 10.0. The first-order valence-corrected chi connectivity index (χ1v) is 7.13. The molecule has 0 bridgehead atoms. The number of amides is 1. The lowest BCUT2D eigenvalue weighted by molar-refractivity contribution is -0.124. The highest BCUT2D eigenvalue weighted by Crippen LogP contribution is 2.19. The topological polar surface area (TPSA) is 47.6 Å². The molecule has 0 radical (unpaired) electrons. The summed E-state index contributed by atoms with van der Waals surface area (Å²) in [6, 6.07) is 6.06. The molecule has 0 unspecified atom stereocenters. The van der Waals surface area contributed by atoms with E-state index in [-0.39, 0.29) is 17.9 Å². The minimum absolute atomic E-state index is 0.0307. The highest BCUT2D eigenvalue weighted by Gasteiger charge is 2.22. The summed E-state index contributed by atoms with van der Waals surface area (Å²) in [4.78, 5) is 12.2. The number of benzene rings is 1. The Balaban J connectivity index is 1.91. The van der Waals surface area contributed by atoms with Gasteiger partial charge in [0.2, 0.25) is 5.91 Å². The molecular weight excluding hydrogens is 254 g/mol. The predicted octanol–water partition coefficient (Wildman–Crippen LogP) is 2.68. The van der Waals surface area contributed by atoms with Gasteiger partial charge in [-0.3, -0.25) is 4.79 Å². The molecule has 4 heteroatoms. The molecular formula is C16H23NO3. The summed E-state index contributed by atoms with van der Waals surface area (Å²) in [5.74, 6) is -0.0607. The zero-order valence-electron chi connectivity index (χ0n) is 12.4. The van der Waals surface area contributed by atoms with Crippen LogP contribution in [0, 0.1) is 19.8 Å². The molecule has 20 heavy (non-hydrogen) atoms. The highest BCUT2D eigenvalue weighted by molar-refractivity contribution is 5.93. The van der Waals surface area contributed by atoms with E-state index in [2.05, 4.69) is 5.32 Å². The third-order valence-corrected chi connectivity index (χ3v) is 3.60. The predicted molar refractivity (Wildman–Crippen MR) is 78.9 cm³/mol. The molecule has 4 nitrogen and oxygen atoms in total. The maximum absolute atomic E-state index is 12.2. The molecule has 0 spiro atoms. The van der Waals surface area contributed by atoms with Crippen molar-refractivity contribution in [3.8, 4) is 0 Å². The van der Waals surface area contributed by atoms with Crippen LogP contribution in [0.1, 0.15) is 24.5 Å². The van der Waals surface area contributed by atoms with E-state index in [9.17, 15) is 4.79 Å². The molecule has 2 atom stereocenters. The van der Waals surface area contributed by atoms with Gasteiger partial charge in [0.25, 0.3) is 0 Å². The lowest BCUT2D eigenvalue weighted by Gasteiger charge is -2.25. The Morgan fingerprint density at radius 3 is 2.90 bits per heavy atom. The molecule has 110 valence electrons. The summed E-state index contributed by atoms with van der Waals surface area (Å²) in [7, 11) is 0. The SMILES string of the molecule is Cc1ccc(C)c(NC(=O)[C@@H](C)C[C@H]2COCCO2)c1. The first kappa shape index (κ1) is 15.0. The summed E-state index contributed by atoms with van der Waals surface area (Å²) in [6.07, 6.45) is 0.722. The van der Waals surface area contributed by atoms with Crippen LogP contribution in [0.15, 0.2) is 18.2 Å². The first-order chi connectivity index (χ1) is 9.56. The third-order valence-electron chi connectivity index (χ3n) is 3.60. The second kappa shape index (κ2) is 6.86. The number of ether oxygens (including phenoxy) is 2. The summed E-state index contributed by atoms with van der Waals surface area (Å²) < 4.78 is 10.9. The van der Waals surface area contributed by atoms with Crippen LogP contribution in [0.4, 0.5) is 5.69 Å². The number of carbonyl (C=O) groups is 1. The summed E-state index contributed by atoms with van der Waals surface area (Å²) >= 11 is 0. The molecule has 1 aliphatic rings. The molecule has 1 aromatic rings. The van der Waals surface area contributed by atoms with Crippen LogP contribution in [-0.4, -0.2) is 31.8 Å². The number of anilines is 1. The molecule has 1 saturated heterocycles. The average Bonchev–Trinajstić information content (AvgIpc) is 2.44. The highest BCUT2D eigenvalue weighted by atomic mass is 16.6. The molecule has 1 fully saturated rings. The largest absolute Gasteiger partial charge is 0.376 e. The van der Waals surface area contributed by atoms with Crippen molar-refractivity contribution in [3.63, 3.8) is 0 Å². The fourth-order valence-electron chi connectivity index (χ4n) is 2.30. The zero-order valence-corrected chi connectivity index (χ0v) is 12.4. The Labute approximate surface area is 120 Å². The van der Waals surface area contributed by atoms with Gasteiger partial charge in [-0.15, -0.1) is 0 Å². The summed E-state index contributed by atoms with van der Waals surface area (Å²) in [6.45, 7) is 7.80. The number of carbonyl (C=O) groups excluding carboxylic acids is 1. The minimum Gasteiger partial charge on any atom is -0.376 e. The number of nitrogens with one attached hydrogen (secondary N) is 1. The van der Waals surface area contributed by atoms with E-state index in [1.165, 1.54) is 0 Å². The van der Waals surface area contributed by atoms with Crippen molar-refractivity contribution in [2.75, 3.05) is 25.1 Å². The Kier molecular flexibility index (Phi) is 5.15. The fourth-order valence-corrected chi connectivity index (χ4v) is 2.30. The van der Waals surface area contributed by atoms with Crippen molar-refractivity contribution < 1.29 is 14.3 Å². The van der Waals surface area contributed by atoms with Crippen LogP contribution in [0.5, 0.6) is 0 Å². The van der Waals surface area contributed by atoms with Gasteiger partial charge < -0.3 is 14.8 Å². The molecule has 0 aromatic heterocycles. The standard InChI is InChI=1S/C16H23NO3/c1-11-4-5-12(2)15(8-11)17-16(18)13(3)9-14-10-19-6-7-20-14/h4-5,8,13-14H,6-7,9-10H2,1-3H3,(H,17,18)/t13-,14-/m0/s1. The molecule has 1 amide bonds. The number of aryl methyl sites for hydroxylation is 2. The second-order valence-corrected chi connectivity index (χ2v) is 5.51. The van der Waals surface area contributed by atoms with Crippen molar-refractivity contribution in [2.45, 2.75) is 33.3 Å². The summed E-state index contributed by atoms with van der Waals surface area (Å²) in [5.41, 5.74) is 3.11. The first-order valence-electron chi connectivity index (χ1n) is 7.13. The molecule has 1 aromatic carbocycles. The van der Waals surface area contributed by atoms with Crippen LogP contribution in [0.2, 0.25) is 0 Å². The number of hydrogen-bond donors (Lipinski definition) is 1. The maximum Gasteiger partial charge on any atom is 0.227 e. The zero-order chi connectivity index (χ0) is 14.5. The molecule has 0 aliphatic carbocycles. The molecule has 1 aliphatic heterocycles. The van der Waals surface area contributed by atoms with Crippen LogP contribution in [0.25, 0.3) is 0 Å². The van der Waals surface area contributed by atoms with Gasteiger partial charge in [0.15, 0.2) is 0 Å². The van der Waals surface area contributed by atoms with Crippen LogP contribution in [-0.2, 0) is 14.3 Å². The van der Waals surface area contributed by atoms with E-state index in [4.69, 9.17) is 9.47 Å². The quantitative estimate of drug-likeness (QED) is 0.920. The van der Waals surface area contributed by atoms with Gasteiger partial charge in [0.05, 0.1) is 25.9 Å². The van der Waals surface area contributed by atoms with Crippen LogP contribution >= 0.6 is 0 Å². The number of hydrogen-bond acceptors (Lipinski definition) is 3. The molecule has 0 saturated carbocycles. The van der Waals surface area contributed by atoms with E-state index in [1.54, 1.807) is 0 Å². The Hall–Kier alpha value is -1.39. The average molecular weight is 277 g/mol. The van der Waals surface area contributed by atoms with Crippen molar-refractivity contribution in [1.29, 1.82) is 0 Å². The second-order valence-electron chi connectivity index (χ2n) is 5.51. The minimum atomic E-state index is -0.0957. The van der Waals surface area contributed by atoms with Crippen molar-refractivity contribution in [2.24, 2.45) is 5.92 Å². The Bertz CT molecular complexity index is 467. The molecule has 1 heterocycles. The monoisotopic (exact) mass is 277 g/mol. The van der Waals surface area contributed by atoms with E-state index < -0.39 is 0 Å². The lowest BCUT2D eigenvalue weighted by Crippen LogP contribution is -2.33. The van der Waals surface area contributed by atoms with Crippen molar-refractivity contribution in [3.05, 3.63) is 29.3 Å². The molecule has 2 rings (SSSR count). The van der Waals surface area contributed by atoms with Gasteiger partial charge in [0.1, 0.15) is 0 Å². The Morgan fingerprint density at radius 2 is 2.20 bits per heavy atom. The van der Waals surface area contributed by atoms with Gasteiger partial charge in [-0.05, 0) is 37.5 Å². The van der Waals surface area contributed by atoms with Crippen molar-refractivity contribution in [1.82, 2.24) is 0 Å². The van der Waals surface area contributed by atoms with Crippen LogP contribution < -0.4 is 5.32 Å². The van der Waals surface area contributed by atoms with Crippen LogP contribution in [0.3, 0.4) is 0 Å². The van der Waals surface area contributed by atoms with E-state index in [0.29, 0.717) is 26.2 Å². The summed E-state index contributed by atoms with van der Waals surface area (Å²) in [5, 5.41) is 3.01. The van der Waals surface area contributed by atoms with Crippen molar-refractivity contribution >= 4 is 11.6 Å². The van der Waals surface area contributed by atoms with E-state index >= 15 is 0 Å². The van der Waals surface area contributed by atoms with Gasteiger partial charge >= 0.3 is 0 Å². The van der Waals surface area contributed by atoms with Gasteiger partial charge in [-0.25, -0.2) is 0 Å². The Morgan fingerprint density at radius 1 is 1.40 bits per heavy atom. The normalized spacial score (nSPS) is 20.4. The molecule has 1 N–H and O–H groups in total. The van der Waals surface area contributed by atoms with Gasteiger partial charge in [-0.1, -0.05) is 19.1 Å². The van der Waals surface area contributed by atoms with Gasteiger partial charge in [0, 0.05) is 11.6 Å². The fraction of sp³-hybridized carbons (Fsp3) is 0.562. The smallest absolute Gasteiger partial charge is 0.227 e. The third kappa shape index (κ3) is 4.05. The van der Waals surface area contributed by atoms with E-state index in [0.717, 1.165) is 16.8 Å². The number of rotatable bonds is 4. The maximum atomic E-state index is 12.2. The van der Waals surface area contributed by atoms with Gasteiger partial charge in [-0.2, -0.15) is 0 Å². The van der Waals surface area contributed by atoms with E-state index in [1.807, 2.05) is 39.0 Å².